The molecule has 1 heterocycles. The van der Waals surface area contributed by atoms with Gasteiger partial charge in [0.15, 0.2) is 0 Å². The number of allylic oxidation sites excluding steroid dienone is 1. The fourth-order valence-electron chi connectivity index (χ4n) is 0.887. The van der Waals surface area contributed by atoms with Crippen LogP contribution >= 0.6 is 0 Å². The van der Waals surface area contributed by atoms with E-state index in [1.807, 2.05) is 0 Å². The minimum atomic E-state index is -0.864. The minimum absolute atomic E-state index is 0.527. The summed E-state index contributed by atoms with van der Waals surface area (Å²) >= 11 is 0. The first-order chi connectivity index (χ1) is 5.55. The van der Waals surface area contributed by atoms with Crippen LogP contribution in [-0.2, 0) is 9.53 Å². The highest BCUT2D eigenvalue weighted by Gasteiger charge is 2.31. The number of ether oxygens (including phenoxy) is 1. The van der Waals surface area contributed by atoms with Crippen molar-refractivity contribution >= 4 is 5.97 Å². The van der Waals surface area contributed by atoms with Crippen LogP contribution in [0.2, 0.25) is 0 Å². The second-order valence-electron chi connectivity index (χ2n) is 3.24. The summed E-state index contributed by atoms with van der Waals surface area (Å²) in [6.07, 6.45) is 5.10. The molecule has 0 saturated heterocycles. The molecular weight excluding hydrogens is 156 g/mol. The predicted molar refractivity (Wildman–Crippen MR) is 44.6 cm³/mol. The first-order valence-corrected chi connectivity index (χ1v) is 3.77. The fraction of sp³-hybridized carbons (Fsp3) is 0.444. The lowest BCUT2D eigenvalue weighted by molar-refractivity contribution is -0.144. The maximum Gasteiger partial charge on any atom is 0.313 e. The predicted octanol–water partition coefficient (Wildman–Crippen LogP) is 1.57. The Morgan fingerprint density at radius 2 is 2.33 bits per heavy atom. The van der Waals surface area contributed by atoms with Gasteiger partial charge in [-0.1, -0.05) is 6.08 Å². The maximum absolute atomic E-state index is 10.8. The Labute approximate surface area is 71.3 Å². The molecule has 0 atom stereocenters. The molecule has 0 aromatic heterocycles. The van der Waals surface area contributed by atoms with Crippen molar-refractivity contribution in [2.45, 2.75) is 13.8 Å². The van der Waals surface area contributed by atoms with Crippen molar-refractivity contribution in [3.8, 4) is 0 Å². The molecule has 0 fully saturated rings. The van der Waals surface area contributed by atoms with E-state index in [9.17, 15) is 4.79 Å². The van der Waals surface area contributed by atoms with Gasteiger partial charge >= 0.3 is 5.97 Å². The molecule has 1 aliphatic heterocycles. The van der Waals surface area contributed by atoms with Crippen LogP contribution in [0.25, 0.3) is 0 Å². The quantitative estimate of drug-likeness (QED) is 0.680. The van der Waals surface area contributed by atoms with Gasteiger partial charge < -0.3 is 9.84 Å². The summed E-state index contributed by atoms with van der Waals surface area (Å²) in [4.78, 5) is 10.8. The Kier molecular flexibility index (Phi) is 2.22. The molecule has 0 radical (unpaired) electrons. The molecule has 0 saturated carbocycles. The Morgan fingerprint density at radius 1 is 1.67 bits per heavy atom. The van der Waals surface area contributed by atoms with Crippen molar-refractivity contribution in [1.82, 2.24) is 0 Å². The van der Waals surface area contributed by atoms with E-state index < -0.39 is 11.4 Å². The van der Waals surface area contributed by atoms with Crippen LogP contribution in [0.1, 0.15) is 13.8 Å². The number of carboxylic acids is 1. The van der Waals surface area contributed by atoms with Crippen molar-refractivity contribution in [3.63, 3.8) is 0 Å². The molecule has 0 amide bonds. The average Bonchev–Trinajstić information content (AvgIpc) is 2.06. The third kappa shape index (κ3) is 1.49. The SMILES string of the molecule is CC(C)(C(=O)O)C1=COCC=C1. The fourth-order valence-corrected chi connectivity index (χ4v) is 0.887. The highest BCUT2D eigenvalue weighted by Crippen LogP contribution is 2.28. The van der Waals surface area contributed by atoms with Gasteiger partial charge in [-0.15, -0.1) is 0 Å². The molecule has 0 bridgehead atoms. The second kappa shape index (κ2) is 3.01. The van der Waals surface area contributed by atoms with Crippen molar-refractivity contribution in [3.05, 3.63) is 24.0 Å². The molecule has 0 spiro atoms. The van der Waals surface area contributed by atoms with E-state index >= 15 is 0 Å². The van der Waals surface area contributed by atoms with E-state index in [2.05, 4.69) is 0 Å². The van der Waals surface area contributed by atoms with E-state index in [1.165, 1.54) is 6.26 Å². The number of carboxylic acid groups (broad SMARTS) is 1. The third-order valence-corrected chi connectivity index (χ3v) is 1.96. The minimum Gasteiger partial charge on any atom is -0.497 e. The number of hydrogen-bond donors (Lipinski definition) is 1. The topological polar surface area (TPSA) is 46.5 Å². The second-order valence-corrected chi connectivity index (χ2v) is 3.24. The zero-order valence-electron chi connectivity index (χ0n) is 7.20. The summed E-state index contributed by atoms with van der Waals surface area (Å²) in [6.45, 7) is 3.83. The zero-order chi connectivity index (χ0) is 9.19. The molecule has 3 nitrogen and oxygen atoms in total. The van der Waals surface area contributed by atoms with Crippen molar-refractivity contribution in [2.75, 3.05) is 6.61 Å². The lowest BCUT2D eigenvalue weighted by Crippen LogP contribution is -2.26. The molecule has 66 valence electrons. The summed E-state index contributed by atoms with van der Waals surface area (Å²) in [5.74, 6) is -0.844. The Balaban J connectivity index is 2.88. The highest BCUT2D eigenvalue weighted by atomic mass is 16.5. The first-order valence-electron chi connectivity index (χ1n) is 3.77. The third-order valence-electron chi connectivity index (χ3n) is 1.96. The van der Waals surface area contributed by atoms with E-state index in [0.717, 1.165) is 0 Å². The Bertz CT molecular complexity index is 248. The van der Waals surface area contributed by atoms with Crippen molar-refractivity contribution < 1.29 is 14.6 Å². The summed E-state index contributed by atoms with van der Waals surface area (Å²) < 4.78 is 5.01. The molecule has 1 aliphatic rings. The number of rotatable bonds is 2. The van der Waals surface area contributed by atoms with Gasteiger partial charge in [0.25, 0.3) is 0 Å². The van der Waals surface area contributed by atoms with E-state index in [1.54, 1.807) is 26.0 Å². The first kappa shape index (κ1) is 8.84. The van der Waals surface area contributed by atoms with Gasteiger partial charge in [0, 0.05) is 5.57 Å². The van der Waals surface area contributed by atoms with E-state index in [4.69, 9.17) is 9.84 Å². The van der Waals surface area contributed by atoms with Crippen LogP contribution in [0.5, 0.6) is 0 Å². The Hall–Kier alpha value is -1.25. The van der Waals surface area contributed by atoms with Gasteiger partial charge in [-0.05, 0) is 19.9 Å². The summed E-state index contributed by atoms with van der Waals surface area (Å²) in [6, 6.07) is 0. The number of hydrogen-bond acceptors (Lipinski definition) is 2. The summed E-state index contributed by atoms with van der Waals surface area (Å²) in [5.41, 5.74) is -0.169. The van der Waals surface area contributed by atoms with Gasteiger partial charge in [0.2, 0.25) is 0 Å². The molecule has 0 aliphatic carbocycles. The van der Waals surface area contributed by atoms with Gasteiger partial charge in [0.05, 0.1) is 11.7 Å². The lowest BCUT2D eigenvalue weighted by atomic mass is 9.84. The monoisotopic (exact) mass is 168 g/mol. The normalized spacial score (nSPS) is 16.7. The highest BCUT2D eigenvalue weighted by molar-refractivity contribution is 5.78. The molecular formula is C9H12O3. The van der Waals surface area contributed by atoms with E-state index in [-0.39, 0.29) is 0 Å². The van der Waals surface area contributed by atoms with Gasteiger partial charge in [-0.25, -0.2) is 0 Å². The summed E-state index contributed by atoms with van der Waals surface area (Å²) in [5, 5.41) is 8.86. The van der Waals surface area contributed by atoms with Gasteiger partial charge in [-0.3, -0.25) is 4.79 Å². The maximum atomic E-state index is 10.8. The Morgan fingerprint density at radius 3 is 2.75 bits per heavy atom. The van der Waals surface area contributed by atoms with Crippen LogP contribution < -0.4 is 0 Å². The molecule has 0 aromatic rings. The molecule has 0 aromatic carbocycles. The average molecular weight is 168 g/mol. The molecule has 12 heavy (non-hydrogen) atoms. The molecule has 0 unspecified atom stereocenters. The van der Waals surface area contributed by atoms with Crippen molar-refractivity contribution in [1.29, 1.82) is 0 Å². The van der Waals surface area contributed by atoms with Crippen LogP contribution in [0, 0.1) is 5.41 Å². The number of aliphatic carboxylic acids is 1. The number of carbonyl (C=O) groups is 1. The van der Waals surface area contributed by atoms with Gasteiger partial charge in [0.1, 0.15) is 6.61 Å². The van der Waals surface area contributed by atoms with Crippen LogP contribution in [-0.4, -0.2) is 17.7 Å². The summed E-state index contributed by atoms with van der Waals surface area (Å²) in [7, 11) is 0. The molecule has 3 heteroatoms. The van der Waals surface area contributed by atoms with E-state index in [0.29, 0.717) is 12.2 Å². The zero-order valence-corrected chi connectivity index (χ0v) is 7.20. The standard InChI is InChI=1S/C9H12O3/c1-9(2,8(10)11)7-4-3-5-12-6-7/h3-4,6H,5H2,1-2H3,(H,10,11). The van der Waals surface area contributed by atoms with Crippen LogP contribution in [0.3, 0.4) is 0 Å². The van der Waals surface area contributed by atoms with Crippen LogP contribution in [0.4, 0.5) is 0 Å². The lowest BCUT2D eigenvalue weighted by Gasteiger charge is -2.22. The molecule has 1 N–H and O–H groups in total. The van der Waals surface area contributed by atoms with Gasteiger partial charge in [-0.2, -0.15) is 0 Å². The van der Waals surface area contributed by atoms with Crippen LogP contribution in [0.15, 0.2) is 24.0 Å². The smallest absolute Gasteiger partial charge is 0.313 e. The molecule has 1 rings (SSSR count). The van der Waals surface area contributed by atoms with Crippen molar-refractivity contribution in [2.24, 2.45) is 5.41 Å². The largest absolute Gasteiger partial charge is 0.497 e.